The van der Waals surface area contributed by atoms with Crippen molar-refractivity contribution in [1.82, 2.24) is 10.1 Å². The van der Waals surface area contributed by atoms with E-state index in [1.807, 2.05) is 17.5 Å². The molecule has 3 rings (SSSR count). The first-order valence-corrected chi connectivity index (χ1v) is 5.19. The van der Waals surface area contributed by atoms with Crippen molar-refractivity contribution in [2.24, 2.45) is 0 Å². The Balaban J connectivity index is 1.97. The Labute approximate surface area is 79.4 Å². The molecule has 0 spiro atoms. The van der Waals surface area contributed by atoms with E-state index in [0.29, 0.717) is 5.92 Å². The van der Waals surface area contributed by atoms with Gasteiger partial charge in [-0.05, 0) is 24.3 Å². The molecule has 2 aromatic heterocycles. The van der Waals surface area contributed by atoms with E-state index >= 15 is 0 Å². The Kier molecular flexibility index (Phi) is 1.49. The molecule has 1 aliphatic rings. The molecule has 0 N–H and O–H groups in total. The van der Waals surface area contributed by atoms with Gasteiger partial charge in [0, 0.05) is 5.92 Å². The highest BCUT2D eigenvalue weighted by Gasteiger charge is 2.29. The highest BCUT2D eigenvalue weighted by Crippen LogP contribution is 2.39. The van der Waals surface area contributed by atoms with Crippen LogP contribution in [0.4, 0.5) is 0 Å². The number of hydrogen-bond acceptors (Lipinski definition) is 4. The summed E-state index contributed by atoms with van der Waals surface area (Å²) in [6.45, 7) is 0. The standard InChI is InChI=1S/C9H8N2OS/c1-2-7(13-5-1)8-10-9(12-11-8)6-3-4-6/h1-2,5-6H,3-4H2. The van der Waals surface area contributed by atoms with Crippen molar-refractivity contribution in [2.45, 2.75) is 18.8 Å². The third kappa shape index (κ3) is 1.27. The van der Waals surface area contributed by atoms with Gasteiger partial charge in [0.1, 0.15) is 0 Å². The van der Waals surface area contributed by atoms with Crippen LogP contribution >= 0.6 is 11.3 Å². The van der Waals surface area contributed by atoms with E-state index in [4.69, 9.17) is 4.52 Å². The minimum Gasteiger partial charge on any atom is -0.339 e. The van der Waals surface area contributed by atoms with Gasteiger partial charge in [0.05, 0.1) is 4.88 Å². The van der Waals surface area contributed by atoms with E-state index in [-0.39, 0.29) is 0 Å². The molecule has 0 amide bonds. The first-order chi connectivity index (χ1) is 6.43. The maximum Gasteiger partial charge on any atom is 0.230 e. The van der Waals surface area contributed by atoms with E-state index in [1.165, 1.54) is 12.8 Å². The van der Waals surface area contributed by atoms with Crippen molar-refractivity contribution in [1.29, 1.82) is 0 Å². The summed E-state index contributed by atoms with van der Waals surface area (Å²) in [5.41, 5.74) is 0. The minimum absolute atomic E-state index is 0.543. The van der Waals surface area contributed by atoms with Crippen molar-refractivity contribution in [3.63, 3.8) is 0 Å². The molecule has 13 heavy (non-hydrogen) atoms. The van der Waals surface area contributed by atoms with Crippen molar-refractivity contribution in [3.8, 4) is 10.7 Å². The van der Waals surface area contributed by atoms with Gasteiger partial charge in [0.2, 0.25) is 11.7 Å². The van der Waals surface area contributed by atoms with Crippen LogP contribution in [0.3, 0.4) is 0 Å². The van der Waals surface area contributed by atoms with Crippen LogP contribution in [0.5, 0.6) is 0 Å². The van der Waals surface area contributed by atoms with E-state index in [2.05, 4.69) is 10.1 Å². The van der Waals surface area contributed by atoms with Crippen LogP contribution in [-0.2, 0) is 0 Å². The summed E-state index contributed by atoms with van der Waals surface area (Å²) in [5, 5.41) is 5.96. The molecule has 3 nitrogen and oxygen atoms in total. The third-order valence-electron chi connectivity index (χ3n) is 2.11. The van der Waals surface area contributed by atoms with Crippen LogP contribution in [0, 0.1) is 0 Å². The summed E-state index contributed by atoms with van der Waals surface area (Å²) in [6.07, 6.45) is 2.40. The van der Waals surface area contributed by atoms with Crippen LogP contribution in [0.2, 0.25) is 0 Å². The van der Waals surface area contributed by atoms with Crippen molar-refractivity contribution in [3.05, 3.63) is 23.4 Å². The first-order valence-electron chi connectivity index (χ1n) is 4.31. The zero-order chi connectivity index (χ0) is 8.67. The van der Waals surface area contributed by atoms with Crippen molar-refractivity contribution >= 4 is 11.3 Å². The Hall–Kier alpha value is -1.16. The first kappa shape index (κ1) is 7.26. The highest BCUT2D eigenvalue weighted by atomic mass is 32.1. The van der Waals surface area contributed by atoms with Crippen LogP contribution in [0.25, 0.3) is 10.7 Å². The lowest BCUT2D eigenvalue weighted by atomic mass is 10.4. The molecule has 0 atom stereocenters. The fourth-order valence-electron chi connectivity index (χ4n) is 1.24. The van der Waals surface area contributed by atoms with Gasteiger partial charge in [-0.3, -0.25) is 0 Å². The average molecular weight is 192 g/mol. The molecular weight excluding hydrogens is 184 g/mol. The van der Waals surface area contributed by atoms with E-state index in [9.17, 15) is 0 Å². The van der Waals surface area contributed by atoms with E-state index in [1.54, 1.807) is 11.3 Å². The van der Waals surface area contributed by atoms with Gasteiger partial charge < -0.3 is 4.52 Å². The molecule has 0 aromatic carbocycles. The lowest BCUT2D eigenvalue weighted by Gasteiger charge is -1.82. The summed E-state index contributed by atoms with van der Waals surface area (Å²) >= 11 is 1.64. The van der Waals surface area contributed by atoms with Gasteiger partial charge >= 0.3 is 0 Å². The molecule has 66 valence electrons. The second kappa shape index (κ2) is 2.67. The molecule has 2 heterocycles. The van der Waals surface area contributed by atoms with Gasteiger partial charge in [0.25, 0.3) is 0 Å². The molecule has 0 bridgehead atoms. The largest absolute Gasteiger partial charge is 0.339 e. The second-order valence-corrected chi connectivity index (χ2v) is 4.16. The molecule has 1 saturated carbocycles. The summed E-state index contributed by atoms with van der Waals surface area (Å²) < 4.78 is 5.16. The molecule has 0 radical (unpaired) electrons. The van der Waals surface area contributed by atoms with Gasteiger partial charge in [-0.15, -0.1) is 11.3 Å². The summed E-state index contributed by atoms with van der Waals surface area (Å²) in [4.78, 5) is 5.43. The van der Waals surface area contributed by atoms with E-state index < -0.39 is 0 Å². The zero-order valence-electron chi connectivity index (χ0n) is 6.93. The smallest absolute Gasteiger partial charge is 0.230 e. The lowest BCUT2D eigenvalue weighted by Crippen LogP contribution is -1.77. The number of hydrogen-bond donors (Lipinski definition) is 0. The van der Waals surface area contributed by atoms with Crippen LogP contribution in [0.1, 0.15) is 24.7 Å². The Morgan fingerprint density at radius 1 is 1.46 bits per heavy atom. The molecule has 1 fully saturated rings. The maximum atomic E-state index is 5.16. The molecule has 2 aromatic rings. The monoisotopic (exact) mass is 192 g/mol. The van der Waals surface area contributed by atoms with Gasteiger partial charge in [0.15, 0.2) is 0 Å². The second-order valence-electron chi connectivity index (χ2n) is 3.21. The average Bonchev–Trinajstić information content (AvgIpc) is 2.72. The quantitative estimate of drug-likeness (QED) is 0.734. The molecule has 0 unspecified atom stereocenters. The maximum absolute atomic E-state index is 5.16. The van der Waals surface area contributed by atoms with E-state index in [0.717, 1.165) is 16.6 Å². The summed E-state index contributed by atoms with van der Waals surface area (Å²) in [7, 11) is 0. The zero-order valence-corrected chi connectivity index (χ0v) is 7.75. The normalized spacial score (nSPS) is 16.3. The van der Waals surface area contributed by atoms with Crippen molar-refractivity contribution < 1.29 is 4.52 Å². The predicted molar refractivity (Wildman–Crippen MR) is 49.6 cm³/mol. The molecule has 0 saturated heterocycles. The summed E-state index contributed by atoms with van der Waals surface area (Å²) in [5.74, 6) is 2.08. The highest BCUT2D eigenvalue weighted by molar-refractivity contribution is 7.13. The van der Waals surface area contributed by atoms with Gasteiger partial charge in [-0.1, -0.05) is 11.2 Å². The topological polar surface area (TPSA) is 38.9 Å². The molecule has 0 aliphatic heterocycles. The van der Waals surface area contributed by atoms with Crippen molar-refractivity contribution in [2.75, 3.05) is 0 Å². The number of thiophene rings is 1. The molecular formula is C9H8N2OS. The van der Waals surface area contributed by atoms with Crippen LogP contribution in [0.15, 0.2) is 22.0 Å². The molecule has 4 heteroatoms. The summed E-state index contributed by atoms with van der Waals surface area (Å²) in [6, 6.07) is 4.00. The Bertz CT molecular complexity index is 403. The Morgan fingerprint density at radius 3 is 3.08 bits per heavy atom. The SMILES string of the molecule is c1csc(-c2noc(C3CC3)n2)c1. The lowest BCUT2D eigenvalue weighted by molar-refractivity contribution is 0.380. The fraction of sp³-hybridized carbons (Fsp3) is 0.333. The fourth-order valence-corrected chi connectivity index (χ4v) is 1.89. The number of aromatic nitrogens is 2. The number of rotatable bonds is 2. The molecule has 1 aliphatic carbocycles. The number of nitrogens with zero attached hydrogens (tertiary/aromatic N) is 2. The minimum atomic E-state index is 0.543. The van der Waals surface area contributed by atoms with Gasteiger partial charge in [-0.2, -0.15) is 4.98 Å². The predicted octanol–water partition coefficient (Wildman–Crippen LogP) is 2.68. The Morgan fingerprint density at radius 2 is 2.38 bits per heavy atom. The van der Waals surface area contributed by atoms with Crippen LogP contribution < -0.4 is 0 Å². The van der Waals surface area contributed by atoms with Gasteiger partial charge in [-0.25, -0.2) is 0 Å². The third-order valence-corrected chi connectivity index (χ3v) is 2.98. The van der Waals surface area contributed by atoms with Crippen LogP contribution in [-0.4, -0.2) is 10.1 Å².